The molecule has 0 radical (unpaired) electrons. The lowest BCUT2D eigenvalue weighted by molar-refractivity contribution is 0.137. The van der Waals surface area contributed by atoms with Crippen molar-refractivity contribution >= 4 is 11.6 Å². The van der Waals surface area contributed by atoms with Crippen LogP contribution in [-0.4, -0.2) is 64.8 Å². The Morgan fingerprint density at radius 2 is 1.95 bits per heavy atom. The van der Waals surface area contributed by atoms with Crippen LogP contribution in [0.15, 0.2) is 18.3 Å². The van der Waals surface area contributed by atoms with Gasteiger partial charge in [0.05, 0.1) is 0 Å². The van der Waals surface area contributed by atoms with E-state index in [1.807, 2.05) is 16.8 Å². The van der Waals surface area contributed by atoms with E-state index in [0.29, 0.717) is 0 Å². The molecule has 2 aliphatic heterocycles. The summed E-state index contributed by atoms with van der Waals surface area (Å²) < 4.78 is 1.88. The van der Waals surface area contributed by atoms with Crippen LogP contribution in [-0.2, 0) is 0 Å². The summed E-state index contributed by atoms with van der Waals surface area (Å²) in [5.41, 5.74) is 2.13. The largest absolute Gasteiger partial charge is 0.337 e. The topological polar surface area (TPSA) is 48.7 Å². The fourth-order valence-corrected chi connectivity index (χ4v) is 2.93. The Balaban J connectivity index is 1.49. The Hall–Kier alpha value is -1.66. The van der Waals surface area contributed by atoms with Crippen molar-refractivity contribution < 1.29 is 0 Å². The maximum Gasteiger partial charge on any atom is 0.245 e. The third-order valence-corrected chi connectivity index (χ3v) is 4.34. The first kappa shape index (κ1) is 12.1. The van der Waals surface area contributed by atoms with Gasteiger partial charge in [0, 0.05) is 51.5 Å². The zero-order valence-electron chi connectivity index (χ0n) is 11.8. The Morgan fingerprint density at radius 1 is 1.15 bits per heavy atom. The van der Waals surface area contributed by atoms with Gasteiger partial charge in [-0.1, -0.05) is 6.07 Å². The van der Waals surface area contributed by atoms with Crippen LogP contribution in [0.2, 0.25) is 0 Å². The molecule has 0 aliphatic carbocycles. The number of rotatable bonds is 2. The van der Waals surface area contributed by atoms with E-state index in [1.165, 1.54) is 5.56 Å². The normalized spacial score (nSPS) is 21.4. The van der Waals surface area contributed by atoms with Crippen molar-refractivity contribution in [2.75, 3.05) is 44.2 Å². The molecule has 0 spiro atoms. The molecule has 6 heteroatoms. The van der Waals surface area contributed by atoms with Crippen molar-refractivity contribution in [1.82, 2.24) is 24.8 Å². The van der Waals surface area contributed by atoms with E-state index in [9.17, 15) is 0 Å². The van der Waals surface area contributed by atoms with Gasteiger partial charge >= 0.3 is 0 Å². The lowest BCUT2D eigenvalue weighted by Crippen LogP contribution is -2.61. The van der Waals surface area contributed by atoms with Gasteiger partial charge in [-0.2, -0.15) is 4.98 Å². The Kier molecular flexibility index (Phi) is 2.85. The molecule has 0 amide bonds. The highest BCUT2D eigenvalue weighted by molar-refractivity contribution is 5.45. The Labute approximate surface area is 118 Å². The van der Waals surface area contributed by atoms with Crippen LogP contribution >= 0.6 is 0 Å². The second kappa shape index (κ2) is 4.71. The standard InChI is InChI=1S/C14H20N6/c1-11-2-3-13-16-14(17-20(13)10-11)19-6-4-18(5-7-19)12-8-15-9-12/h2-3,10,12,15H,4-9H2,1H3. The van der Waals surface area contributed by atoms with E-state index in [-0.39, 0.29) is 0 Å². The SMILES string of the molecule is Cc1ccc2nc(N3CCN(C4CNC4)CC3)nn2c1. The van der Waals surface area contributed by atoms with Crippen molar-refractivity contribution in [1.29, 1.82) is 0 Å². The van der Waals surface area contributed by atoms with Crippen LogP contribution in [0.5, 0.6) is 0 Å². The highest BCUT2D eigenvalue weighted by Crippen LogP contribution is 2.16. The second-order valence-electron chi connectivity index (χ2n) is 5.76. The summed E-state index contributed by atoms with van der Waals surface area (Å²) in [6, 6.07) is 4.85. The highest BCUT2D eigenvalue weighted by atomic mass is 15.4. The molecule has 106 valence electrons. The quantitative estimate of drug-likeness (QED) is 0.842. The average molecular weight is 272 g/mol. The third-order valence-electron chi connectivity index (χ3n) is 4.34. The lowest BCUT2D eigenvalue weighted by Gasteiger charge is -2.43. The molecule has 2 fully saturated rings. The maximum absolute atomic E-state index is 4.63. The van der Waals surface area contributed by atoms with Crippen LogP contribution in [0, 0.1) is 6.92 Å². The molecular formula is C14H20N6. The van der Waals surface area contributed by atoms with E-state index in [2.05, 4.69) is 38.2 Å². The molecule has 0 aromatic carbocycles. The van der Waals surface area contributed by atoms with E-state index in [0.717, 1.165) is 56.9 Å². The number of piperazine rings is 1. The summed E-state index contributed by atoms with van der Waals surface area (Å²) in [5.74, 6) is 0.863. The molecule has 2 aromatic rings. The van der Waals surface area contributed by atoms with Gasteiger partial charge in [-0.05, 0) is 18.6 Å². The maximum atomic E-state index is 4.63. The molecule has 0 atom stereocenters. The van der Waals surface area contributed by atoms with Crippen molar-refractivity contribution in [3.63, 3.8) is 0 Å². The molecule has 4 heterocycles. The average Bonchev–Trinajstić information content (AvgIpc) is 2.80. The van der Waals surface area contributed by atoms with E-state index < -0.39 is 0 Å². The minimum atomic E-state index is 0.744. The van der Waals surface area contributed by atoms with E-state index in [4.69, 9.17) is 0 Å². The molecular weight excluding hydrogens is 252 g/mol. The van der Waals surface area contributed by atoms with Gasteiger partial charge in [0.15, 0.2) is 5.65 Å². The first-order valence-corrected chi connectivity index (χ1v) is 7.32. The van der Waals surface area contributed by atoms with Crippen LogP contribution < -0.4 is 10.2 Å². The molecule has 2 saturated heterocycles. The van der Waals surface area contributed by atoms with Gasteiger partial charge in [-0.15, -0.1) is 5.10 Å². The van der Waals surface area contributed by atoms with Gasteiger partial charge in [-0.3, -0.25) is 4.90 Å². The molecule has 4 rings (SSSR count). The summed E-state index contributed by atoms with van der Waals surface area (Å²) in [6.07, 6.45) is 2.03. The number of anilines is 1. The van der Waals surface area contributed by atoms with Gasteiger partial charge in [0.25, 0.3) is 0 Å². The van der Waals surface area contributed by atoms with Gasteiger partial charge < -0.3 is 10.2 Å². The lowest BCUT2D eigenvalue weighted by atomic mass is 10.1. The zero-order chi connectivity index (χ0) is 13.5. The number of fused-ring (bicyclic) bond motifs is 1. The number of nitrogens with one attached hydrogen (secondary N) is 1. The highest BCUT2D eigenvalue weighted by Gasteiger charge is 2.28. The number of hydrogen-bond acceptors (Lipinski definition) is 5. The van der Waals surface area contributed by atoms with Crippen molar-refractivity contribution in [3.05, 3.63) is 23.9 Å². The number of nitrogens with zero attached hydrogens (tertiary/aromatic N) is 5. The van der Waals surface area contributed by atoms with Gasteiger partial charge in [0.1, 0.15) is 0 Å². The van der Waals surface area contributed by atoms with Gasteiger partial charge in [-0.25, -0.2) is 4.52 Å². The summed E-state index contributed by atoms with van der Waals surface area (Å²) in [6.45, 7) is 8.63. The van der Waals surface area contributed by atoms with Crippen LogP contribution in [0.25, 0.3) is 5.65 Å². The molecule has 2 aliphatic rings. The fraction of sp³-hybridized carbons (Fsp3) is 0.571. The van der Waals surface area contributed by atoms with E-state index >= 15 is 0 Å². The molecule has 6 nitrogen and oxygen atoms in total. The van der Waals surface area contributed by atoms with Crippen LogP contribution in [0.4, 0.5) is 5.95 Å². The minimum absolute atomic E-state index is 0.744. The van der Waals surface area contributed by atoms with Crippen molar-refractivity contribution in [3.8, 4) is 0 Å². The zero-order valence-corrected chi connectivity index (χ0v) is 11.8. The molecule has 1 N–H and O–H groups in total. The summed E-state index contributed by atoms with van der Waals surface area (Å²) in [4.78, 5) is 9.50. The van der Waals surface area contributed by atoms with E-state index in [1.54, 1.807) is 0 Å². The first-order valence-electron chi connectivity index (χ1n) is 7.32. The van der Waals surface area contributed by atoms with Crippen molar-refractivity contribution in [2.24, 2.45) is 0 Å². The Bertz CT molecular complexity index is 609. The number of aromatic nitrogens is 3. The summed E-state index contributed by atoms with van der Waals surface area (Å²) in [7, 11) is 0. The molecule has 0 unspecified atom stereocenters. The fourth-order valence-electron chi connectivity index (χ4n) is 2.93. The van der Waals surface area contributed by atoms with Gasteiger partial charge in [0.2, 0.25) is 5.95 Å². The first-order chi connectivity index (χ1) is 9.79. The summed E-state index contributed by atoms with van der Waals surface area (Å²) in [5, 5.41) is 7.94. The molecule has 0 saturated carbocycles. The number of pyridine rings is 1. The molecule has 2 aromatic heterocycles. The van der Waals surface area contributed by atoms with Crippen LogP contribution in [0.3, 0.4) is 0 Å². The van der Waals surface area contributed by atoms with Crippen molar-refractivity contribution in [2.45, 2.75) is 13.0 Å². The van der Waals surface area contributed by atoms with Crippen LogP contribution in [0.1, 0.15) is 5.56 Å². The summed E-state index contributed by atoms with van der Waals surface area (Å²) >= 11 is 0. The predicted molar refractivity (Wildman–Crippen MR) is 78.2 cm³/mol. The number of hydrogen-bond donors (Lipinski definition) is 1. The Morgan fingerprint density at radius 3 is 2.65 bits per heavy atom. The number of aryl methyl sites for hydroxylation is 1. The third kappa shape index (κ3) is 2.05. The monoisotopic (exact) mass is 272 g/mol. The predicted octanol–water partition coefficient (Wildman–Crippen LogP) is 0.132. The molecule has 0 bridgehead atoms. The second-order valence-corrected chi connectivity index (χ2v) is 5.76. The smallest absolute Gasteiger partial charge is 0.245 e. The molecule has 20 heavy (non-hydrogen) atoms. The minimum Gasteiger partial charge on any atom is -0.337 e.